The highest BCUT2D eigenvalue weighted by Gasteiger charge is 2.58. The second-order valence-electron chi connectivity index (χ2n) is 9.26. The van der Waals surface area contributed by atoms with Crippen molar-refractivity contribution < 1.29 is 4.79 Å². The van der Waals surface area contributed by atoms with Gasteiger partial charge in [-0.05, 0) is 70.8 Å². The van der Waals surface area contributed by atoms with Gasteiger partial charge >= 0.3 is 0 Å². The summed E-state index contributed by atoms with van der Waals surface area (Å²) in [5.41, 5.74) is 1.90. The maximum Gasteiger partial charge on any atom is 0.274 e. The molecule has 4 heteroatoms. The normalized spacial score (nSPS) is 35.3. The molecule has 1 saturated heterocycles. The van der Waals surface area contributed by atoms with Crippen molar-refractivity contribution in [3.63, 3.8) is 0 Å². The lowest BCUT2D eigenvalue weighted by molar-refractivity contribution is -0.00959. The predicted molar refractivity (Wildman–Crippen MR) is 88.3 cm³/mol. The fourth-order valence-electron chi connectivity index (χ4n) is 5.41. The molecule has 1 aromatic rings. The lowest BCUT2D eigenvalue weighted by atomic mass is 9.76. The van der Waals surface area contributed by atoms with Gasteiger partial charge in [-0.3, -0.25) is 9.48 Å². The highest BCUT2D eigenvalue weighted by atomic mass is 16.2. The third kappa shape index (κ3) is 1.96. The predicted octanol–water partition coefficient (Wildman–Crippen LogP) is 3.39. The number of hydrogen-bond donors (Lipinski definition) is 0. The number of carbonyl (C=O) groups excluding carboxylic acids is 1. The first-order valence-electron chi connectivity index (χ1n) is 9.35. The zero-order chi connectivity index (χ0) is 15.9. The Kier molecular flexibility index (Phi) is 2.69. The van der Waals surface area contributed by atoms with Gasteiger partial charge in [0.2, 0.25) is 0 Å². The summed E-state index contributed by atoms with van der Waals surface area (Å²) in [5.74, 6) is 3.28. The van der Waals surface area contributed by atoms with E-state index in [1.54, 1.807) is 0 Å². The van der Waals surface area contributed by atoms with E-state index in [1.807, 2.05) is 0 Å². The SMILES string of the molecule is CC(C)(C)n1nc(C(=O)N2C[C@H]3[C@H]4CC[C@@H](C4)[C@H]32)cc1C1CC1. The van der Waals surface area contributed by atoms with Crippen molar-refractivity contribution in [2.75, 3.05) is 6.54 Å². The molecular weight excluding hydrogens is 286 g/mol. The number of carbonyl (C=O) groups is 1. The smallest absolute Gasteiger partial charge is 0.274 e. The summed E-state index contributed by atoms with van der Waals surface area (Å²) in [7, 11) is 0. The molecule has 3 saturated carbocycles. The molecule has 0 spiro atoms. The molecule has 3 aliphatic carbocycles. The molecule has 23 heavy (non-hydrogen) atoms. The van der Waals surface area contributed by atoms with E-state index in [-0.39, 0.29) is 11.4 Å². The van der Waals surface area contributed by atoms with Gasteiger partial charge in [0, 0.05) is 30.1 Å². The molecule has 5 rings (SSSR count). The van der Waals surface area contributed by atoms with Crippen molar-refractivity contribution >= 4 is 5.91 Å². The number of rotatable bonds is 2. The topological polar surface area (TPSA) is 38.1 Å². The molecule has 4 aliphatic rings. The second-order valence-corrected chi connectivity index (χ2v) is 9.26. The second kappa shape index (κ2) is 4.40. The van der Waals surface area contributed by atoms with Crippen molar-refractivity contribution in [1.82, 2.24) is 14.7 Å². The molecule has 0 aromatic carbocycles. The Labute approximate surface area is 138 Å². The first-order chi connectivity index (χ1) is 10.9. The number of fused-ring (bicyclic) bond motifs is 5. The Hall–Kier alpha value is -1.32. The highest BCUT2D eigenvalue weighted by Crippen LogP contribution is 2.55. The van der Waals surface area contributed by atoms with Crippen molar-refractivity contribution in [1.29, 1.82) is 0 Å². The van der Waals surface area contributed by atoms with Crippen LogP contribution in [0, 0.1) is 17.8 Å². The average molecular weight is 313 g/mol. The lowest BCUT2D eigenvalue weighted by Gasteiger charge is -2.50. The number of amides is 1. The van der Waals surface area contributed by atoms with Crippen molar-refractivity contribution in [3.05, 3.63) is 17.5 Å². The highest BCUT2D eigenvalue weighted by molar-refractivity contribution is 5.93. The van der Waals surface area contributed by atoms with E-state index in [2.05, 4.69) is 36.4 Å². The van der Waals surface area contributed by atoms with Crippen LogP contribution in [0.2, 0.25) is 0 Å². The molecule has 4 atom stereocenters. The molecule has 2 bridgehead atoms. The van der Waals surface area contributed by atoms with E-state index in [1.165, 1.54) is 37.8 Å². The van der Waals surface area contributed by atoms with Crippen LogP contribution in [-0.2, 0) is 5.54 Å². The van der Waals surface area contributed by atoms with Crippen molar-refractivity contribution in [2.45, 2.75) is 70.4 Å². The molecule has 0 radical (unpaired) electrons. The van der Waals surface area contributed by atoms with Crippen LogP contribution < -0.4 is 0 Å². The maximum atomic E-state index is 13.0. The van der Waals surface area contributed by atoms with Crippen LogP contribution in [0.25, 0.3) is 0 Å². The number of nitrogens with zero attached hydrogens (tertiary/aromatic N) is 3. The molecule has 0 unspecified atom stereocenters. The zero-order valence-electron chi connectivity index (χ0n) is 14.5. The summed E-state index contributed by atoms with van der Waals surface area (Å²) in [6, 6.07) is 2.62. The summed E-state index contributed by atoms with van der Waals surface area (Å²) in [5, 5.41) is 4.75. The Balaban J connectivity index is 1.43. The number of aromatic nitrogens is 2. The lowest BCUT2D eigenvalue weighted by Crippen LogP contribution is -2.61. The molecule has 1 amide bonds. The summed E-state index contributed by atoms with van der Waals surface area (Å²) in [6.07, 6.45) is 6.59. The van der Waals surface area contributed by atoms with Crippen molar-refractivity contribution in [3.8, 4) is 0 Å². The third-order valence-corrected chi connectivity index (χ3v) is 6.66. The van der Waals surface area contributed by atoms with Crippen LogP contribution in [-0.4, -0.2) is 33.2 Å². The first kappa shape index (κ1) is 14.1. The van der Waals surface area contributed by atoms with E-state index < -0.39 is 0 Å². The fourth-order valence-corrected chi connectivity index (χ4v) is 5.41. The standard InChI is InChI=1S/C19H27N3O/c1-19(2,3)22-16(11-4-5-11)9-15(20-22)18(23)21-10-14-12-6-7-13(8-12)17(14)21/h9,11-14,17H,4-8,10H2,1-3H3/t12-,13-,14-,17+/m0/s1. The monoisotopic (exact) mass is 313 g/mol. The molecule has 124 valence electrons. The van der Waals surface area contributed by atoms with E-state index in [9.17, 15) is 4.79 Å². The van der Waals surface area contributed by atoms with Crippen LogP contribution >= 0.6 is 0 Å². The Morgan fingerprint density at radius 2 is 1.91 bits per heavy atom. The maximum absolute atomic E-state index is 13.0. The van der Waals surface area contributed by atoms with E-state index >= 15 is 0 Å². The Morgan fingerprint density at radius 3 is 2.57 bits per heavy atom. The van der Waals surface area contributed by atoms with E-state index in [0.717, 1.165) is 24.3 Å². The van der Waals surface area contributed by atoms with Gasteiger partial charge in [-0.1, -0.05) is 0 Å². The molecular formula is C19H27N3O. The largest absolute Gasteiger partial charge is 0.333 e. The fraction of sp³-hybridized carbons (Fsp3) is 0.789. The summed E-state index contributed by atoms with van der Waals surface area (Å²) >= 11 is 0. The molecule has 1 aromatic heterocycles. The summed E-state index contributed by atoms with van der Waals surface area (Å²) in [4.78, 5) is 15.2. The minimum atomic E-state index is -0.0552. The average Bonchev–Trinajstić information content (AvgIpc) is 2.92. The van der Waals surface area contributed by atoms with Gasteiger partial charge in [-0.25, -0.2) is 0 Å². The van der Waals surface area contributed by atoms with Gasteiger partial charge in [0.15, 0.2) is 5.69 Å². The molecule has 1 aliphatic heterocycles. The van der Waals surface area contributed by atoms with Crippen LogP contribution in [0.4, 0.5) is 0 Å². The molecule has 2 heterocycles. The van der Waals surface area contributed by atoms with Crippen LogP contribution in [0.1, 0.15) is 75.0 Å². The molecule has 4 fully saturated rings. The minimum Gasteiger partial charge on any atom is -0.333 e. The minimum absolute atomic E-state index is 0.0552. The summed E-state index contributed by atoms with van der Waals surface area (Å²) < 4.78 is 2.11. The van der Waals surface area contributed by atoms with Gasteiger partial charge in [0.05, 0.1) is 5.54 Å². The third-order valence-electron chi connectivity index (χ3n) is 6.66. The van der Waals surface area contributed by atoms with Gasteiger partial charge in [-0.15, -0.1) is 0 Å². The number of likely N-dealkylation sites (tertiary alicyclic amines) is 1. The van der Waals surface area contributed by atoms with Gasteiger partial charge in [-0.2, -0.15) is 5.10 Å². The van der Waals surface area contributed by atoms with E-state index in [0.29, 0.717) is 17.7 Å². The van der Waals surface area contributed by atoms with E-state index in [4.69, 9.17) is 5.10 Å². The summed E-state index contributed by atoms with van der Waals surface area (Å²) in [6.45, 7) is 7.51. The van der Waals surface area contributed by atoms with Crippen LogP contribution in [0.15, 0.2) is 6.07 Å². The Morgan fingerprint density at radius 1 is 1.17 bits per heavy atom. The quantitative estimate of drug-likeness (QED) is 0.839. The van der Waals surface area contributed by atoms with Gasteiger partial charge in [0.1, 0.15) is 0 Å². The van der Waals surface area contributed by atoms with Crippen LogP contribution in [0.3, 0.4) is 0 Å². The molecule has 4 nitrogen and oxygen atoms in total. The van der Waals surface area contributed by atoms with Crippen LogP contribution in [0.5, 0.6) is 0 Å². The zero-order valence-corrected chi connectivity index (χ0v) is 14.5. The van der Waals surface area contributed by atoms with Gasteiger partial charge in [0.25, 0.3) is 5.91 Å². The Bertz CT molecular complexity index is 665. The number of hydrogen-bond acceptors (Lipinski definition) is 2. The first-order valence-corrected chi connectivity index (χ1v) is 9.35. The van der Waals surface area contributed by atoms with Gasteiger partial charge < -0.3 is 4.90 Å². The van der Waals surface area contributed by atoms with Crippen molar-refractivity contribution in [2.24, 2.45) is 17.8 Å². The molecule has 0 N–H and O–H groups in total.